The van der Waals surface area contributed by atoms with Crippen molar-refractivity contribution in [2.75, 3.05) is 22.1 Å². The summed E-state index contributed by atoms with van der Waals surface area (Å²) in [6, 6.07) is 16.0. The molecular formula is C51H60F6N4O8S2. The van der Waals surface area contributed by atoms with Crippen molar-refractivity contribution in [3.63, 3.8) is 0 Å². The highest BCUT2D eigenvalue weighted by molar-refractivity contribution is 7.91. The molecule has 0 bridgehead atoms. The Kier molecular flexibility index (Phi) is 16.7. The first-order chi connectivity index (χ1) is 33.4. The van der Waals surface area contributed by atoms with E-state index < -0.39 is 55.0 Å². The van der Waals surface area contributed by atoms with Crippen LogP contribution in [0, 0.1) is 23.7 Å². The Balaban J connectivity index is 0.000000209. The van der Waals surface area contributed by atoms with E-state index >= 15 is 0 Å². The molecular weight excluding hydrogens is 975 g/mol. The van der Waals surface area contributed by atoms with Crippen molar-refractivity contribution < 1.29 is 63.0 Å². The van der Waals surface area contributed by atoms with E-state index in [9.17, 15) is 63.0 Å². The minimum absolute atomic E-state index is 0.0143. The molecule has 2 amide bonds. The number of rotatable bonds is 18. The zero-order valence-electron chi connectivity index (χ0n) is 39.1. The number of amides is 2. The molecule has 4 fully saturated rings. The molecule has 2 unspecified atom stereocenters. The standard InChI is InChI=1S/C26H31F3N2O4S.C25H29F3N2O4S/c27-26(28,29)25(33,15-18-4-2-1-3-5-18)21-9-11-22(12-10-21)31-23(32)14-20-8-13-24(30-16-20)36(34,35)17-19-6-7-19;26-25(27,28)24(32,14-17-3-1-2-4-17)20-8-10-21(11-9-20)30-22(31)13-19-7-12-23(29-15-19)35(33,34)16-18-5-6-18/h8-13,16,18-19,33H,1-7,14-15,17H2,(H,31,32);7-12,15,17-18,32H,1-6,13-14,16H2,(H,30,31). The second-order valence-electron chi connectivity index (χ2n) is 19.8. The molecule has 4 N–H and O–H groups in total. The van der Waals surface area contributed by atoms with Crippen molar-refractivity contribution in [2.24, 2.45) is 23.7 Å². The number of aliphatic hydroxyl groups is 2. The third-order valence-corrected chi connectivity index (χ3v) is 17.4. The number of nitrogens with one attached hydrogen (secondary N) is 2. The van der Waals surface area contributed by atoms with Crippen molar-refractivity contribution in [2.45, 2.75) is 143 Å². The summed E-state index contributed by atoms with van der Waals surface area (Å²) in [6.07, 6.45) is 3.00. The molecule has 4 saturated carbocycles. The van der Waals surface area contributed by atoms with Gasteiger partial charge in [0.25, 0.3) is 0 Å². The van der Waals surface area contributed by atoms with Gasteiger partial charge in [0.2, 0.25) is 11.8 Å². The summed E-state index contributed by atoms with van der Waals surface area (Å²) >= 11 is 0. The van der Waals surface area contributed by atoms with Gasteiger partial charge in [-0.1, -0.05) is 94.2 Å². The SMILES string of the molecule is O=C(Cc1ccc(S(=O)(=O)CC2CC2)nc1)Nc1ccc(C(O)(CC2CCCC2)C(F)(F)F)cc1.O=C(Cc1ccc(S(=O)(=O)CC2CC2)nc1)Nc1ccc(C(O)(CC2CCCCC2)C(F)(F)F)cc1. The Labute approximate surface area is 410 Å². The maximum atomic E-state index is 13.9. The second kappa shape index (κ2) is 22.1. The molecule has 4 aromatic rings. The number of alkyl halides is 6. The lowest BCUT2D eigenvalue weighted by Crippen LogP contribution is -2.44. The first kappa shape index (κ1) is 53.9. The highest BCUT2D eigenvalue weighted by Crippen LogP contribution is 2.48. The first-order valence-corrected chi connectivity index (χ1v) is 27.5. The molecule has 0 radical (unpaired) electrons. The second-order valence-corrected chi connectivity index (χ2v) is 23.8. The van der Waals surface area contributed by atoms with E-state index in [1.165, 1.54) is 85.2 Å². The molecule has 2 heterocycles. The minimum Gasteiger partial charge on any atom is -0.376 e. The number of sulfone groups is 2. The normalized spacial score (nSPS) is 18.9. The van der Waals surface area contributed by atoms with Crippen molar-refractivity contribution in [1.82, 2.24) is 9.97 Å². The van der Waals surface area contributed by atoms with Crippen LogP contribution in [0.1, 0.15) is 119 Å². The number of nitrogens with zero attached hydrogens (tertiary/aromatic N) is 2. The third kappa shape index (κ3) is 14.4. The Morgan fingerprint density at radius 1 is 0.493 bits per heavy atom. The molecule has 0 aliphatic heterocycles. The Morgan fingerprint density at radius 2 is 0.831 bits per heavy atom. The predicted octanol–water partition coefficient (Wildman–Crippen LogP) is 9.94. The van der Waals surface area contributed by atoms with Gasteiger partial charge in [-0.15, -0.1) is 0 Å². The molecule has 2 aromatic carbocycles. The molecule has 4 aliphatic carbocycles. The topological polar surface area (TPSA) is 193 Å². The number of hydrogen-bond donors (Lipinski definition) is 4. The average Bonchev–Trinajstić information content (AvgIpc) is 4.25. The van der Waals surface area contributed by atoms with E-state index in [2.05, 4.69) is 20.6 Å². The lowest BCUT2D eigenvalue weighted by molar-refractivity contribution is -0.273. The monoisotopic (exact) mass is 1030 g/mol. The van der Waals surface area contributed by atoms with E-state index in [1.807, 2.05) is 0 Å². The summed E-state index contributed by atoms with van der Waals surface area (Å²) in [6.45, 7) is 0. The molecule has 71 heavy (non-hydrogen) atoms. The van der Waals surface area contributed by atoms with Crippen LogP contribution in [0.15, 0.2) is 95.2 Å². The number of anilines is 2. The quantitative estimate of drug-likeness (QED) is 0.0698. The van der Waals surface area contributed by atoms with Crippen LogP contribution in [0.4, 0.5) is 37.7 Å². The molecule has 0 spiro atoms. The zero-order chi connectivity index (χ0) is 51.2. The molecule has 386 valence electrons. The minimum atomic E-state index is -4.82. The highest BCUT2D eigenvalue weighted by Gasteiger charge is 2.56. The summed E-state index contributed by atoms with van der Waals surface area (Å²) in [4.78, 5) is 32.8. The third-order valence-electron chi connectivity index (χ3n) is 13.9. The lowest BCUT2D eigenvalue weighted by atomic mass is 9.77. The number of halogens is 6. The predicted molar refractivity (Wildman–Crippen MR) is 253 cm³/mol. The number of carbonyl (C=O) groups excluding carboxylic acids is 2. The van der Waals surface area contributed by atoms with Gasteiger partial charge in [-0.05, 0) is 121 Å². The molecule has 8 rings (SSSR count). The van der Waals surface area contributed by atoms with Crippen LogP contribution in [0.2, 0.25) is 0 Å². The van der Waals surface area contributed by atoms with Crippen molar-refractivity contribution in [1.29, 1.82) is 0 Å². The van der Waals surface area contributed by atoms with E-state index in [-0.39, 0.29) is 82.0 Å². The summed E-state index contributed by atoms with van der Waals surface area (Å²) in [5.74, 6) is -0.642. The van der Waals surface area contributed by atoms with Crippen LogP contribution in [-0.4, -0.2) is 72.7 Å². The first-order valence-electron chi connectivity index (χ1n) is 24.2. The Hall–Kier alpha value is -4.92. The van der Waals surface area contributed by atoms with Gasteiger partial charge in [0.1, 0.15) is 0 Å². The molecule has 0 saturated heterocycles. The molecule has 2 aromatic heterocycles. The van der Waals surface area contributed by atoms with Crippen LogP contribution >= 0.6 is 0 Å². The van der Waals surface area contributed by atoms with E-state index in [4.69, 9.17) is 0 Å². The number of carbonyl (C=O) groups is 2. The van der Waals surface area contributed by atoms with Gasteiger partial charge in [-0.25, -0.2) is 26.8 Å². The van der Waals surface area contributed by atoms with Crippen LogP contribution in [-0.2, 0) is 53.3 Å². The van der Waals surface area contributed by atoms with E-state index in [0.29, 0.717) is 48.2 Å². The van der Waals surface area contributed by atoms with Crippen molar-refractivity contribution in [3.8, 4) is 0 Å². The van der Waals surface area contributed by atoms with Gasteiger partial charge in [0.05, 0.1) is 24.3 Å². The van der Waals surface area contributed by atoms with Gasteiger partial charge in [0, 0.05) is 23.8 Å². The summed E-state index contributed by atoms with van der Waals surface area (Å²) < 4.78 is 132. The van der Waals surface area contributed by atoms with Crippen LogP contribution in [0.5, 0.6) is 0 Å². The Morgan fingerprint density at radius 3 is 1.13 bits per heavy atom. The lowest BCUT2D eigenvalue weighted by Gasteiger charge is -2.35. The number of benzene rings is 2. The zero-order valence-corrected chi connectivity index (χ0v) is 40.8. The van der Waals surface area contributed by atoms with E-state index in [1.54, 1.807) is 0 Å². The maximum Gasteiger partial charge on any atom is 0.421 e. The van der Waals surface area contributed by atoms with Gasteiger partial charge < -0.3 is 20.8 Å². The fraction of sp³-hybridized carbons (Fsp3) is 0.529. The number of pyridine rings is 2. The summed E-state index contributed by atoms with van der Waals surface area (Å²) in [5.41, 5.74) is -4.76. The highest BCUT2D eigenvalue weighted by atomic mass is 32.2. The molecule has 2 atom stereocenters. The van der Waals surface area contributed by atoms with Crippen LogP contribution in [0.3, 0.4) is 0 Å². The van der Waals surface area contributed by atoms with Crippen molar-refractivity contribution in [3.05, 3.63) is 107 Å². The van der Waals surface area contributed by atoms with E-state index in [0.717, 1.165) is 57.8 Å². The Bertz CT molecular complexity index is 2670. The van der Waals surface area contributed by atoms with Gasteiger partial charge in [-0.3, -0.25) is 9.59 Å². The molecule has 4 aliphatic rings. The van der Waals surface area contributed by atoms with Crippen molar-refractivity contribution >= 4 is 42.9 Å². The smallest absolute Gasteiger partial charge is 0.376 e. The van der Waals surface area contributed by atoms with Gasteiger partial charge in [0.15, 0.2) is 40.9 Å². The largest absolute Gasteiger partial charge is 0.421 e. The summed E-state index contributed by atoms with van der Waals surface area (Å²) in [5, 5.41) is 26.5. The number of hydrogen-bond acceptors (Lipinski definition) is 10. The van der Waals surface area contributed by atoms with Crippen LogP contribution < -0.4 is 10.6 Å². The number of aromatic nitrogens is 2. The molecule has 12 nitrogen and oxygen atoms in total. The van der Waals surface area contributed by atoms with Gasteiger partial charge >= 0.3 is 12.4 Å². The average molecular weight is 1040 g/mol. The van der Waals surface area contributed by atoms with Crippen LogP contribution in [0.25, 0.3) is 0 Å². The maximum absolute atomic E-state index is 13.9. The molecule has 20 heteroatoms. The fourth-order valence-corrected chi connectivity index (χ4v) is 12.7. The summed E-state index contributed by atoms with van der Waals surface area (Å²) in [7, 11) is -6.88. The fourth-order valence-electron chi connectivity index (χ4n) is 9.43. The van der Waals surface area contributed by atoms with Gasteiger partial charge in [-0.2, -0.15) is 26.3 Å².